The van der Waals surface area contributed by atoms with E-state index in [2.05, 4.69) is 10.2 Å². The average Bonchev–Trinajstić information content (AvgIpc) is 2.74. The van der Waals surface area contributed by atoms with Crippen LogP contribution in [0.15, 0.2) is 0 Å². The van der Waals surface area contributed by atoms with Gasteiger partial charge >= 0.3 is 0 Å². The Morgan fingerprint density at radius 2 is 2.05 bits per heavy atom. The fraction of sp³-hybridized carbons (Fsp3) is 0.857. The van der Waals surface area contributed by atoms with Crippen LogP contribution in [0.4, 0.5) is 0 Å². The molecule has 2 atom stereocenters. The molecule has 2 fully saturated rings. The van der Waals surface area contributed by atoms with Crippen LogP contribution in [0.5, 0.6) is 0 Å². The van der Waals surface area contributed by atoms with Crippen molar-refractivity contribution in [1.82, 2.24) is 15.1 Å². The van der Waals surface area contributed by atoms with Crippen LogP contribution in [0.3, 0.4) is 0 Å². The summed E-state index contributed by atoms with van der Waals surface area (Å²) in [6.45, 7) is 8.99. The monoisotopic (exact) mass is 283 g/mol. The second-order valence-corrected chi connectivity index (χ2v) is 5.52. The largest absolute Gasteiger partial charge is 0.379 e. The number of hydrogen-bond donors (Lipinski definition) is 1. The minimum Gasteiger partial charge on any atom is -0.379 e. The van der Waals surface area contributed by atoms with Crippen molar-refractivity contribution >= 4 is 11.8 Å². The normalized spacial score (nSPS) is 26.3. The van der Waals surface area contributed by atoms with Gasteiger partial charge in [-0.15, -0.1) is 0 Å². The quantitative estimate of drug-likeness (QED) is 0.686. The third-order valence-electron chi connectivity index (χ3n) is 4.14. The van der Waals surface area contributed by atoms with Crippen molar-refractivity contribution in [3.63, 3.8) is 0 Å². The van der Waals surface area contributed by atoms with Gasteiger partial charge in [-0.1, -0.05) is 6.92 Å². The fourth-order valence-electron chi connectivity index (χ4n) is 2.68. The molecule has 0 aromatic rings. The Labute approximate surface area is 120 Å². The van der Waals surface area contributed by atoms with Crippen molar-refractivity contribution in [1.29, 1.82) is 0 Å². The maximum atomic E-state index is 12.2. The third-order valence-corrected chi connectivity index (χ3v) is 4.14. The zero-order chi connectivity index (χ0) is 14.5. The molecule has 2 amide bonds. The number of carbonyl (C=O) groups excluding carboxylic acids is 2. The first kappa shape index (κ1) is 15.4. The molecule has 0 spiro atoms. The summed E-state index contributed by atoms with van der Waals surface area (Å²) in [6.07, 6.45) is 1.10. The number of ether oxygens (including phenoxy) is 1. The van der Waals surface area contributed by atoms with Gasteiger partial charge in [-0.3, -0.25) is 19.4 Å². The molecule has 2 aliphatic rings. The lowest BCUT2D eigenvalue weighted by Gasteiger charge is -2.27. The molecule has 2 saturated heterocycles. The molecule has 6 heteroatoms. The first-order valence-electron chi connectivity index (χ1n) is 7.53. The number of nitrogens with zero attached hydrogens (tertiary/aromatic N) is 2. The highest BCUT2D eigenvalue weighted by atomic mass is 16.5. The first-order valence-corrected chi connectivity index (χ1v) is 7.53. The van der Waals surface area contributed by atoms with Gasteiger partial charge in [0.05, 0.1) is 25.7 Å². The van der Waals surface area contributed by atoms with Gasteiger partial charge in [0, 0.05) is 32.2 Å². The average molecular weight is 283 g/mol. The number of nitrogens with one attached hydrogen (secondary N) is 1. The van der Waals surface area contributed by atoms with Crippen LogP contribution >= 0.6 is 0 Å². The standard InChI is InChI=1S/C14H25N3O3/c1-3-11(2)17-13(18)10-12(14(17)19)15-4-5-16-6-8-20-9-7-16/h11-12,15H,3-10H2,1-2H3. The van der Waals surface area contributed by atoms with E-state index in [1.54, 1.807) is 0 Å². The van der Waals surface area contributed by atoms with E-state index in [1.165, 1.54) is 4.90 Å². The maximum Gasteiger partial charge on any atom is 0.247 e. The molecule has 0 radical (unpaired) electrons. The van der Waals surface area contributed by atoms with Crippen LogP contribution < -0.4 is 5.32 Å². The Kier molecular flexibility index (Phi) is 5.51. The van der Waals surface area contributed by atoms with E-state index in [9.17, 15) is 9.59 Å². The van der Waals surface area contributed by atoms with Gasteiger partial charge in [0.1, 0.15) is 0 Å². The maximum absolute atomic E-state index is 12.2. The minimum atomic E-state index is -0.336. The lowest BCUT2D eigenvalue weighted by Crippen LogP contribution is -2.45. The summed E-state index contributed by atoms with van der Waals surface area (Å²) in [5.74, 6) is -0.112. The molecule has 0 saturated carbocycles. The van der Waals surface area contributed by atoms with E-state index in [-0.39, 0.29) is 23.9 Å². The van der Waals surface area contributed by atoms with E-state index in [0.29, 0.717) is 6.42 Å². The van der Waals surface area contributed by atoms with Crippen molar-refractivity contribution in [2.45, 2.75) is 38.8 Å². The topological polar surface area (TPSA) is 61.9 Å². The molecule has 0 bridgehead atoms. The zero-order valence-corrected chi connectivity index (χ0v) is 12.4. The van der Waals surface area contributed by atoms with Crippen LogP contribution in [0, 0.1) is 0 Å². The van der Waals surface area contributed by atoms with E-state index < -0.39 is 0 Å². The second-order valence-electron chi connectivity index (χ2n) is 5.52. The summed E-state index contributed by atoms with van der Waals surface area (Å²) in [5, 5.41) is 3.22. The van der Waals surface area contributed by atoms with Gasteiger partial charge in [0.25, 0.3) is 0 Å². The van der Waals surface area contributed by atoms with E-state index in [1.807, 2.05) is 13.8 Å². The zero-order valence-electron chi connectivity index (χ0n) is 12.4. The number of rotatable bonds is 6. The Balaban J connectivity index is 1.76. The molecule has 2 heterocycles. The Morgan fingerprint density at radius 3 is 2.70 bits per heavy atom. The smallest absolute Gasteiger partial charge is 0.247 e. The van der Waals surface area contributed by atoms with Crippen molar-refractivity contribution in [2.24, 2.45) is 0 Å². The summed E-state index contributed by atoms with van der Waals surface area (Å²) in [5.41, 5.74) is 0. The highest BCUT2D eigenvalue weighted by molar-refractivity contribution is 6.05. The Bertz CT molecular complexity index is 356. The molecule has 2 unspecified atom stereocenters. The Hall–Kier alpha value is -0.980. The third kappa shape index (κ3) is 3.56. The lowest BCUT2D eigenvalue weighted by atomic mass is 10.2. The van der Waals surface area contributed by atoms with Crippen LogP contribution in [-0.4, -0.2) is 73.1 Å². The van der Waals surface area contributed by atoms with Crippen LogP contribution in [0.1, 0.15) is 26.7 Å². The van der Waals surface area contributed by atoms with Crippen molar-refractivity contribution in [3.05, 3.63) is 0 Å². The molecule has 6 nitrogen and oxygen atoms in total. The number of imide groups is 1. The molecule has 20 heavy (non-hydrogen) atoms. The van der Waals surface area contributed by atoms with E-state index in [4.69, 9.17) is 4.74 Å². The number of morpholine rings is 1. The number of hydrogen-bond acceptors (Lipinski definition) is 5. The predicted octanol–water partition coefficient (Wildman–Crippen LogP) is -0.166. The molecular formula is C14H25N3O3. The van der Waals surface area contributed by atoms with Crippen LogP contribution in [0.2, 0.25) is 0 Å². The van der Waals surface area contributed by atoms with Crippen LogP contribution in [-0.2, 0) is 14.3 Å². The summed E-state index contributed by atoms with van der Waals surface area (Å²) in [7, 11) is 0. The summed E-state index contributed by atoms with van der Waals surface area (Å²) in [4.78, 5) is 27.8. The van der Waals surface area contributed by atoms with Crippen molar-refractivity contribution in [2.75, 3.05) is 39.4 Å². The molecule has 2 aliphatic heterocycles. The SMILES string of the molecule is CCC(C)N1C(=O)CC(NCCN2CCOCC2)C1=O. The minimum absolute atomic E-state index is 0.000966. The van der Waals surface area contributed by atoms with Gasteiger partial charge in [-0.2, -0.15) is 0 Å². The van der Waals surface area contributed by atoms with Crippen molar-refractivity contribution in [3.8, 4) is 0 Å². The number of carbonyl (C=O) groups is 2. The fourth-order valence-corrected chi connectivity index (χ4v) is 2.68. The predicted molar refractivity (Wildman–Crippen MR) is 75.3 cm³/mol. The molecule has 0 aliphatic carbocycles. The van der Waals surface area contributed by atoms with Gasteiger partial charge in [0.2, 0.25) is 11.8 Å². The van der Waals surface area contributed by atoms with Gasteiger partial charge < -0.3 is 10.1 Å². The summed E-state index contributed by atoms with van der Waals surface area (Å²) in [6, 6.07) is -0.335. The van der Waals surface area contributed by atoms with Gasteiger partial charge in [0.15, 0.2) is 0 Å². The summed E-state index contributed by atoms with van der Waals surface area (Å²) >= 11 is 0. The van der Waals surface area contributed by atoms with Crippen molar-refractivity contribution < 1.29 is 14.3 Å². The summed E-state index contributed by atoms with van der Waals surface area (Å²) < 4.78 is 5.30. The van der Waals surface area contributed by atoms with Gasteiger partial charge in [-0.25, -0.2) is 0 Å². The first-order chi connectivity index (χ1) is 9.63. The van der Waals surface area contributed by atoms with Gasteiger partial charge in [-0.05, 0) is 13.3 Å². The lowest BCUT2D eigenvalue weighted by molar-refractivity contribution is -0.141. The number of amides is 2. The molecular weight excluding hydrogens is 258 g/mol. The van der Waals surface area contributed by atoms with E-state index >= 15 is 0 Å². The molecule has 0 aromatic heterocycles. The molecule has 0 aromatic carbocycles. The number of likely N-dealkylation sites (tertiary alicyclic amines) is 1. The van der Waals surface area contributed by atoms with Crippen LogP contribution in [0.25, 0.3) is 0 Å². The molecule has 114 valence electrons. The van der Waals surface area contributed by atoms with E-state index in [0.717, 1.165) is 45.8 Å². The Morgan fingerprint density at radius 1 is 1.35 bits per heavy atom. The molecule has 2 rings (SSSR count). The second kappa shape index (κ2) is 7.15. The highest BCUT2D eigenvalue weighted by Gasteiger charge is 2.40. The highest BCUT2D eigenvalue weighted by Crippen LogP contribution is 2.17. The molecule has 1 N–H and O–H groups in total.